The zero-order valence-corrected chi connectivity index (χ0v) is 19.2. The van der Waals surface area contributed by atoms with Crippen LogP contribution in [0.4, 0.5) is 0 Å². The van der Waals surface area contributed by atoms with Gasteiger partial charge in [0.1, 0.15) is 0 Å². The van der Waals surface area contributed by atoms with Crippen LogP contribution in [0.25, 0.3) is 0 Å². The number of rotatable bonds is 18. The Morgan fingerprint density at radius 1 is 0.577 bits per heavy atom. The summed E-state index contributed by atoms with van der Waals surface area (Å²) in [6, 6.07) is 0. The van der Waals surface area contributed by atoms with Gasteiger partial charge in [0, 0.05) is 13.1 Å². The number of nitrogens with zero attached hydrogens (tertiary/aromatic N) is 2. The monoisotopic (exact) mass is 370 g/mol. The van der Waals surface area contributed by atoms with Crippen molar-refractivity contribution in [3.63, 3.8) is 0 Å². The van der Waals surface area contributed by atoms with Gasteiger partial charge < -0.3 is 14.5 Å². The zero-order valence-electron chi connectivity index (χ0n) is 19.2. The molecule has 0 rings (SSSR count). The minimum absolute atomic E-state index is 0.783. The van der Waals surface area contributed by atoms with Gasteiger partial charge in [0.2, 0.25) is 0 Å². The van der Waals surface area contributed by atoms with E-state index < -0.39 is 0 Å². The number of ether oxygens (including phenoxy) is 1. The highest BCUT2D eigenvalue weighted by molar-refractivity contribution is 4.62. The fraction of sp³-hybridized carbons (Fsp3) is 1.00. The summed E-state index contributed by atoms with van der Waals surface area (Å²) >= 11 is 0. The Labute approximate surface area is 165 Å². The molecule has 0 aromatic carbocycles. The number of hydrogen-bond acceptors (Lipinski definition) is 3. The first kappa shape index (κ1) is 25.9. The fourth-order valence-electron chi connectivity index (χ4n) is 2.86. The van der Waals surface area contributed by atoms with E-state index in [1.165, 1.54) is 58.3 Å². The van der Waals surface area contributed by atoms with Crippen LogP contribution in [0.2, 0.25) is 0 Å². The highest BCUT2D eigenvalue weighted by Gasteiger charge is 2.09. The molecule has 26 heavy (non-hydrogen) atoms. The van der Waals surface area contributed by atoms with Gasteiger partial charge >= 0.3 is 0 Å². The van der Waals surface area contributed by atoms with Crippen LogP contribution in [-0.2, 0) is 4.74 Å². The summed E-state index contributed by atoms with van der Waals surface area (Å²) in [4.78, 5) is 5.20. The zero-order chi connectivity index (χ0) is 19.8. The molecule has 0 amide bonds. The molecule has 0 fully saturated rings. The SMILES string of the molecule is CCCCN(CCOCCN(CCC(C)C)CCC(C)C)CCC(C)C. The molecule has 0 aromatic rings. The minimum atomic E-state index is 0.783. The van der Waals surface area contributed by atoms with Gasteiger partial charge in [0.15, 0.2) is 0 Å². The Bertz CT molecular complexity index is 280. The van der Waals surface area contributed by atoms with Crippen LogP contribution in [0.3, 0.4) is 0 Å². The van der Waals surface area contributed by atoms with E-state index in [0.717, 1.165) is 44.1 Å². The first-order chi connectivity index (χ1) is 12.3. The van der Waals surface area contributed by atoms with Gasteiger partial charge in [0.25, 0.3) is 0 Å². The van der Waals surface area contributed by atoms with E-state index >= 15 is 0 Å². The smallest absolute Gasteiger partial charge is 0.0594 e. The van der Waals surface area contributed by atoms with Crippen LogP contribution in [0.1, 0.15) is 80.6 Å². The van der Waals surface area contributed by atoms with Crippen molar-refractivity contribution in [2.24, 2.45) is 17.8 Å². The van der Waals surface area contributed by atoms with Crippen LogP contribution in [0.5, 0.6) is 0 Å². The largest absolute Gasteiger partial charge is 0.379 e. The predicted molar refractivity (Wildman–Crippen MR) is 117 cm³/mol. The van der Waals surface area contributed by atoms with E-state index in [2.05, 4.69) is 58.3 Å². The summed E-state index contributed by atoms with van der Waals surface area (Å²) in [6.07, 6.45) is 6.45. The summed E-state index contributed by atoms with van der Waals surface area (Å²) in [6.45, 7) is 25.0. The first-order valence-electron chi connectivity index (χ1n) is 11.4. The Balaban J connectivity index is 4.04. The Kier molecular flexibility index (Phi) is 16.9. The summed E-state index contributed by atoms with van der Waals surface area (Å²) < 4.78 is 6.01. The average molecular weight is 371 g/mol. The van der Waals surface area contributed by atoms with Gasteiger partial charge in [-0.1, -0.05) is 54.9 Å². The van der Waals surface area contributed by atoms with Crippen LogP contribution in [0, 0.1) is 17.8 Å². The molecule has 158 valence electrons. The second kappa shape index (κ2) is 17.0. The van der Waals surface area contributed by atoms with Gasteiger partial charge in [0.05, 0.1) is 13.2 Å². The standard InChI is InChI=1S/C23H50N2O/c1-8-9-13-24(14-10-21(2)3)17-19-26-20-18-25(15-11-22(4)5)16-12-23(6)7/h21-23H,8-20H2,1-7H3. The second-order valence-corrected chi connectivity index (χ2v) is 9.20. The fourth-order valence-corrected chi connectivity index (χ4v) is 2.86. The van der Waals surface area contributed by atoms with Crippen LogP contribution < -0.4 is 0 Å². The van der Waals surface area contributed by atoms with Crippen LogP contribution >= 0.6 is 0 Å². The van der Waals surface area contributed by atoms with E-state index in [9.17, 15) is 0 Å². The highest BCUT2D eigenvalue weighted by atomic mass is 16.5. The van der Waals surface area contributed by atoms with Crippen molar-refractivity contribution in [3.8, 4) is 0 Å². The molecule has 0 heterocycles. The van der Waals surface area contributed by atoms with Gasteiger partial charge in [-0.05, 0) is 69.6 Å². The molecule has 0 radical (unpaired) electrons. The molecule has 0 aliphatic heterocycles. The van der Waals surface area contributed by atoms with Gasteiger partial charge in [-0.2, -0.15) is 0 Å². The normalized spacial score (nSPS) is 12.5. The van der Waals surface area contributed by atoms with Crippen molar-refractivity contribution in [2.75, 3.05) is 52.5 Å². The molecule has 3 heteroatoms. The Morgan fingerprint density at radius 3 is 1.31 bits per heavy atom. The maximum absolute atomic E-state index is 6.01. The number of hydrogen-bond donors (Lipinski definition) is 0. The van der Waals surface area contributed by atoms with Crippen molar-refractivity contribution in [3.05, 3.63) is 0 Å². The van der Waals surface area contributed by atoms with E-state index in [1.807, 2.05) is 0 Å². The van der Waals surface area contributed by atoms with E-state index in [0.29, 0.717) is 0 Å². The Morgan fingerprint density at radius 2 is 0.962 bits per heavy atom. The molecule has 0 aliphatic carbocycles. The maximum atomic E-state index is 6.01. The van der Waals surface area contributed by atoms with E-state index in [4.69, 9.17) is 4.74 Å². The van der Waals surface area contributed by atoms with Crippen molar-refractivity contribution >= 4 is 0 Å². The lowest BCUT2D eigenvalue weighted by Crippen LogP contribution is -2.33. The van der Waals surface area contributed by atoms with E-state index in [-0.39, 0.29) is 0 Å². The molecule has 0 aliphatic rings. The lowest BCUT2D eigenvalue weighted by atomic mass is 10.1. The molecular weight excluding hydrogens is 320 g/mol. The molecule has 0 aromatic heterocycles. The second-order valence-electron chi connectivity index (χ2n) is 9.20. The summed E-state index contributed by atoms with van der Waals surface area (Å²) in [5, 5.41) is 0. The van der Waals surface area contributed by atoms with Crippen molar-refractivity contribution in [1.29, 1.82) is 0 Å². The summed E-state index contributed by atoms with van der Waals surface area (Å²) in [5.74, 6) is 2.35. The molecular formula is C23H50N2O. The van der Waals surface area contributed by atoms with E-state index in [1.54, 1.807) is 0 Å². The van der Waals surface area contributed by atoms with Crippen molar-refractivity contribution in [2.45, 2.75) is 80.6 Å². The Hall–Kier alpha value is -0.120. The molecule has 0 N–H and O–H groups in total. The van der Waals surface area contributed by atoms with Crippen molar-refractivity contribution in [1.82, 2.24) is 9.80 Å². The highest BCUT2D eigenvalue weighted by Crippen LogP contribution is 2.07. The van der Waals surface area contributed by atoms with Gasteiger partial charge in [-0.3, -0.25) is 0 Å². The third-order valence-electron chi connectivity index (χ3n) is 5.00. The molecule has 0 saturated heterocycles. The lowest BCUT2D eigenvalue weighted by molar-refractivity contribution is 0.0790. The van der Waals surface area contributed by atoms with Gasteiger partial charge in [-0.15, -0.1) is 0 Å². The lowest BCUT2D eigenvalue weighted by Gasteiger charge is -2.25. The van der Waals surface area contributed by atoms with Crippen LogP contribution in [-0.4, -0.2) is 62.3 Å². The third-order valence-corrected chi connectivity index (χ3v) is 5.00. The average Bonchev–Trinajstić information content (AvgIpc) is 2.57. The molecule has 0 spiro atoms. The molecule has 0 bridgehead atoms. The van der Waals surface area contributed by atoms with Gasteiger partial charge in [-0.25, -0.2) is 0 Å². The summed E-state index contributed by atoms with van der Waals surface area (Å²) in [5.41, 5.74) is 0. The topological polar surface area (TPSA) is 15.7 Å². The van der Waals surface area contributed by atoms with Crippen molar-refractivity contribution < 1.29 is 4.74 Å². The molecule has 0 unspecified atom stereocenters. The minimum Gasteiger partial charge on any atom is -0.379 e. The molecule has 3 nitrogen and oxygen atoms in total. The maximum Gasteiger partial charge on any atom is 0.0594 e. The third kappa shape index (κ3) is 17.3. The molecule has 0 saturated carbocycles. The summed E-state index contributed by atoms with van der Waals surface area (Å²) in [7, 11) is 0. The predicted octanol–water partition coefficient (Wildman–Crippen LogP) is 5.55. The van der Waals surface area contributed by atoms with Crippen LogP contribution in [0.15, 0.2) is 0 Å². The first-order valence-corrected chi connectivity index (χ1v) is 11.4. The quantitative estimate of drug-likeness (QED) is 0.294. The molecule has 0 atom stereocenters. The number of unbranched alkanes of at least 4 members (excludes halogenated alkanes) is 1.